The van der Waals surface area contributed by atoms with Crippen molar-refractivity contribution in [3.8, 4) is 0 Å². The lowest BCUT2D eigenvalue weighted by atomic mass is 10.2. The maximum Gasteiger partial charge on any atom is 0.242 e. The fraction of sp³-hybridized carbons (Fsp3) is 0.417. The number of likely N-dealkylation sites (N-methyl/N-ethyl adjacent to an activating group) is 1. The van der Waals surface area contributed by atoms with Crippen molar-refractivity contribution in [2.75, 3.05) is 32.0 Å². The lowest BCUT2D eigenvalue weighted by Crippen LogP contribution is -2.54. The minimum atomic E-state index is -0.160. The number of hydrogen-bond donors (Lipinski definition) is 2. The molecule has 5 heteroatoms. The summed E-state index contributed by atoms with van der Waals surface area (Å²) in [6.07, 6.45) is 0. The summed E-state index contributed by atoms with van der Waals surface area (Å²) in [4.78, 5) is 14.1. The first-order valence-electron chi connectivity index (χ1n) is 5.63. The third-order valence-corrected chi connectivity index (χ3v) is 3.02. The minimum Gasteiger partial charge on any atom is -0.325 e. The van der Waals surface area contributed by atoms with E-state index in [-0.39, 0.29) is 11.9 Å². The molecule has 2 rings (SSSR count). The molecular weight excluding hydrogens is 238 g/mol. The molecule has 1 saturated heterocycles. The molecule has 1 aliphatic heterocycles. The van der Waals surface area contributed by atoms with Gasteiger partial charge in [0, 0.05) is 30.3 Å². The standard InChI is InChI=1S/C12H16ClN3O/c1-16-6-5-14-11(8-16)12(17)15-10-4-2-3-9(13)7-10/h2-4,7,11,14H,5-6,8H2,1H3,(H,15,17). The Bertz CT molecular complexity index is 410. The highest BCUT2D eigenvalue weighted by Crippen LogP contribution is 2.15. The Kier molecular flexibility index (Phi) is 3.99. The monoisotopic (exact) mass is 253 g/mol. The van der Waals surface area contributed by atoms with E-state index >= 15 is 0 Å². The van der Waals surface area contributed by atoms with Gasteiger partial charge in [-0.05, 0) is 25.2 Å². The van der Waals surface area contributed by atoms with Crippen molar-refractivity contribution in [2.45, 2.75) is 6.04 Å². The molecule has 1 atom stereocenters. The van der Waals surface area contributed by atoms with E-state index in [1.165, 1.54) is 0 Å². The molecule has 92 valence electrons. The van der Waals surface area contributed by atoms with E-state index in [9.17, 15) is 4.79 Å². The maximum atomic E-state index is 12.0. The van der Waals surface area contributed by atoms with Crippen molar-refractivity contribution >= 4 is 23.2 Å². The van der Waals surface area contributed by atoms with Gasteiger partial charge in [-0.1, -0.05) is 17.7 Å². The van der Waals surface area contributed by atoms with Gasteiger partial charge in [0.2, 0.25) is 5.91 Å². The van der Waals surface area contributed by atoms with E-state index in [2.05, 4.69) is 15.5 Å². The van der Waals surface area contributed by atoms with Crippen LogP contribution in [0, 0.1) is 0 Å². The van der Waals surface area contributed by atoms with Crippen molar-refractivity contribution < 1.29 is 4.79 Å². The third kappa shape index (κ3) is 3.43. The molecule has 4 nitrogen and oxygen atoms in total. The molecule has 1 heterocycles. The molecule has 0 spiro atoms. The van der Waals surface area contributed by atoms with Gasteiger partial charge in [-0.15, -0.1) is 0 Å². The van der Waals surface area contributed by atoms with Gasteiger partial charge in [0.05, 0.1) is 6.04 Å². The van der Waals surface area contributed by atoms with Crippen LogP contribution >= 0.6 is 11.6 Å². The van der Waals surface area contributed by atoms with Crippen LogP contribution in [0.1, 0.15) is 0 Å². The second-order valence-corrected chi connectivity index (χ2v) is 4.70. The van der Waals surface area contributed by atoms with Crippen LogP contribution in [0.4, 0.5) is 5.69 Å². The lowest BCUT2D eigenvalue weighted by molar-refractivity contribution is -0.119. The van der Waals surface area contributed by atoms with Crippen molar-refractivity contribution in [2.24, 2.45) is 0 Å². The van der Waals surface area contributed by atoms with Crippen LogP contribution in [0.2, 0.25) is 5.02 Å². The number of hydrogen-bond acceptors (Lipinski definition) is 3. The number of carbonyl (C=O) groups excluding carboxylic acids is 1. The van der Waals surface area contributed by atoms with Gasteiger partial charge in [0.1, 0.15) is 0 Å². The van der Waals surface area contributed by atoms with E-state index in [0.29, 0.717) is 5.02 Å². The molecule has 1 aromatic rings. The van der Waals surface area contributed by atoms with Crippen molar-refractivity contribution in [3.63, 3.8) is 0 Å². The third-order valence-electron chi connectivity index (χ3n) is 2.79. The summed E-state index contributed by atoms with van der Waals surface area (Å²) in [5, 5.41) is 6.68. The van der Waals surface area contributed by atoms with Gasteiger partial charge in [-0.3, -0.25) is 4.79 Å². The van der Waals surface area contributed by atoms with Crippen LogP contribution in [-0.4, -0.2) is 43.5 Å². The van der Waals surface area contributed by atoms with E-state index in [1.807, 2.05) is 19.2 Å². The number of halogens is 1. The van der Waals surface area contributed by atoms with Crippen molar-refractivity contribution in [3.05, 3.63) is 29.3 Å². The van der Waals surface area contributed by atoms with Crippen LogP contribution in [0.25, 0.3) is 0 Å². The van der Waals surface area contributed by atoms with E-state index < -0.39 is 0 Å². The zero-order valence-electron chi connectivity index (χ0n) is 9.74. The highest BCUT2D eigenvalue weighted by molar-refractivity contribution is 6.30. The predicted octanol–water partition coefficient (Wildman–Crippen LogP) is 1.18. The number of carbonyl (C=O) groups is 1. The first-order chi connectivity index (χ1) is 8.15. The molecule has 17 heavy (non-hydrogen) atoms. The zero-order valence-corrected chi connectivity index (χ0v) is 10.5. The SMILES string of the molecule is CN1CCNC(C(=O)Nc2cccc(Cl)c2)C1. The molecule has 2 N–H and O–H groups in total. The number of benzene rings is 1. The predicted molar refractivity (Wildman–Crippen MR) is 69.4 cm³/mol. The Morgan fingerprint density at radius 3 is 3.12 bits per heavy atom. The first-order valence-corrected chi connectivity index (χ1v) is 6.01. The van der Waals surface area contributed by atoms with Crippen molar-refractivity contribution in [1.82, 2.24) is 10.2 Å². The largest absolute Gasteiger partial charge is 0.325 e. The summed E-state index contributed by atoms with van der Waals surface area (Å²) < 4.78 is 0. The van der Waals surface area contributed by atoms with Gasteiger partial charge in [0.15, 0.2) is 0 Å². The summed E-state index contributed by atoms with van der Waals surface area (Å²) in [6, 6.07) is 7.01. The molecule has 0 bridgehead atoms. The second kappa shape index (κ2) is 5.49. The first kappa shape index (κ1) is 12.4. The molecule has 0 radical (unpaired) electrons. The number of amides is 1. The fourth-order valence-electron chi connectivity index (χ4n) is 1.87. The zero-order chi connectivity index (χ0) is 12.3. The van der Waals surface area contributed by atoms with Crippen LogP contribution in [0.15, 0.2) is 24.3 Å². The van der Waals surface area contributed by atoms with E-state index in [1.54, 1.807) is 12.1 Å². The number of nitrogens with zero attached hydrogens (tertiary/aromatic N) is 1. The summed E-state index contributed by atoms with van der Waals surface area (Å²) in [6.45, 7) is 2.54. The van der Waals surface area contributed by atoms with Gasteiger partial charge < -0.3 is 15.5 Å². The smallest absolute Gasteiger partial charge is 0.242 e. The highest BCUT2D eigenvalue weighted by atomic mass is 35.5. The average molecular weight is 254 g/mol. The number of rotatable bonds is 2. The Balaban J connectivity index is 1.96. The van der Waals surface area contributed by atoms with Gasteiger partial charge >= 0.3 is 0 Å². The minimum absolute atomic E-state index is 0.0150. The molecular formula is C12H16ClN3O. The Morgan fingerprint density at radius 1 is 1.59 bits per heavy atom. The molecule has 1 aromatic carbocycles. The lowest BCUT2D eigenvalue weighted by Gasteiger charge is -2.29. The normalized spacial score (nSPS) is 21.2. The Labute approximate surface area is 106 Å². The molecule has 0 aromatic heterocycles. The fourth-order valence-corrected chi connectivity index (χ4v) is 2.06. The molecule has 1 fully saturated rings. The van der Waals surface area contributed by atoms with Crippen LogP contribution < -0.4 is 10.6 Å². The second-order valence-electron chi connectivity index (χ2n) is 4.27. The van der Waals surface area contributed by atoms with Gasteiger partial charge in [-0.25, -0.2) is 0 Å². The van der Waals surface area contributed by atoms with Crippen LogP contribution in [0.5, 0.6) is 0 Å². The molecule has 0 aliphatic carbocycles. The summed E-state index contributed by atoms with van der Waals surface area (Å²) >= 11 is 5.86. The summed E-state index contributed by atoms with van der Waals surface area (Å²) in [5.41, 5.74) is 0.734. The highest BCUT2D eigenvalue weighted by Gasteiger charge is 2.23. The molecule has 1 unspecified atom stereocenters. The number of anilines is 1. The molecule has 1 aliphatic rings. The van der Waals surface area contributed by atoms with E-state index in [4.69, 9.17) is 11.6 Å². The topological polar surface area (TPSA) is 44.4 Å². The number of nitrogens with one attached hydrogen (secondary N) is 2. The molecule has 0 saturated carbocycles. The average Bonchev–Trinajstić information content (AvgIpc) is 2.29. The number of piperazine rings is 1. The van der Waals surface area contributed by atoms with Crippen molar-refractivity contribution in [1.29, 1.82) is 0 Å². The summed E-state index contributed by atoms with van der Waals surface area (Å²) in [5.74, 6) is -0.0150. The Morgan fingerprint density at radius 2 is 2.41 bits per heavy atom. The van der Waals surface area contributed by atoms with E-state index in [0.717, 1.165) is 25.3 Å². The van der Waals surface area contributed by atoms with Gasteiger partial charge in [0.25, 0.3) is 0 Å². The molecule has 1 amide bonds. The quantitative estimate of drug-likeness (QED) is 0.832. The summed E-state index contributed by atoms with van der Waals surface area (Å²) in [7, 11) is 2.01. The van der Waals surface area contributed by atoms with Crippen LogP contribution in [-0.2, 0) is 4.79 Å². The van der Waals surface area contributed by atoms with Gasteiger partial charge in [-0.2, -0.15) is 0 Å². The maximum absolute atomic E-state index is 12.0. The van der Waals surface area contributed by atoms with Crippen LogP contribution in [0.3, 0.4) is 0 Å². The Hall–Kier alpha value is -1.10.